The number of carbonyl (C=O) groups is 6. The van der Waals surface area contributed by atoms with Crippen molar-refractivity contribution in [1.29, 1.82) is 0 Å². The fraction of sp³-hybridized carbons (Fsp3) is 0.509. The van der Waals surface area contributed by atoms with Gasteiger partial charge in [0.2, 0.25) is 47.3 Å². The molecule has 8 aliphatic heterocycles. The van der Waals surface area contributed by atoms with Crippen LogP contribution in [-0.4, -0.2) is 264 Å². The molecule has 746 valence electrons. The molecule has 2 aliphatic carbocycles. The summed E-state index contributed by atoms with van der Waals surface area (Å²) in [5.74, 6) is 0.410. The highest BCUT2D eigenvalue weighted by molar-refractivity contribution is 7.13. The molecule has 0 spiro atoms. The summed E-state index contributed by atoms with van der Waals surface area (Å²) in [7, 11) is 0. The van der Waals surface area contributed by atoms with Crippen LogP contribution in [0.4, 0.5) is 34.9 Å². The lowest BCUT2D eigenvalue weighted by Crippen LogP contribution is -2.60. The second-order valence-electron chi connectivity index (χ2n) is 42.8. The van der Waals surface area contributed by atoms with Crippen molar-refractivity contribution in [2.75, 3.05) is 96.5 Å². The normalized spacial score (nSPS) is 24.5. The number of phenols is 2. The van der Waals surface area contributed by atoms with E-state index in [-0.39, 0.29) is 110 Å². The molecule has 10 aromatic rings. The number of thiazole rings is 2. The lowest BCUT2D eigenvalue weighted by Gasteiger charge is -2.46. The molecule has 10 aliphatic rings. The highest BCUT2D eigenvalue weighted by Crippen LogP contribution is 2.46. The number of benzene rings is 4. The van der Waals surface area contributed by atoms with Crippen molar-refractivity contribution < 1.29 is 49.2 Å². The van der Waals surface area contributed by atoms with E-state index in [2.05, 4.69) is 76.0 Å². The third-order valence-corrected chi connectivity index (χ3v) is 34.1. The van der Waals surface area contributed by atoms with Crippen LogP contribution in [0.15, 0.2) is 145 Å². The van der Waals surface area contributed by atoms with Gasteiger partial charge in [-0.05, 0) is 228 Å². The van der Waals surface area contributed by atoms with E-state index in [4.69, 9.17) is 36.4 Å². The zero-order valence-corrected chi connectivity index (χ0v) is 83.2. The van der Waals surface area contributed by atoms with Crippen LogP contribution in [0, 0.1) is 29.6 Å². The number of hydrogen-bond acceptors (Lipinski definition) is 30. The van der Waals surface area contributed by atoms with E-state index in [0.717, 1.165) is 194 Å². The van der Waals surface area contributed by atoms with Crippen LogP contribution in [0.3, 0.4) is 0 Å². The van der Waals surface area contributed by atoms with Gasteiger partial charge in [-0.25, -0.2) is 29.9 Å². The van der Waals surface area contributed by atoms with Gasteiger partial charge < -0.3 is 92.4 Å². The maximum Gasteiger partial charge on any atom is 0.246 e. The summed E-state index contributed by atoms with van der Waals surface area (Å²) >= 11 is 3.05. The number of nitrogens with two attached hydrogens (primary N) is 2. The monoisotopic (exact) mass is 1960 g/mol. The number of phenolic OH excluding ortho intramolecular Hbond substituents is 2. The molecule has 20 rings (SSSR count). The first-order chi connectivity index (χ1) is 68.5. The average Bonchev–Trinajstić information content (AvgIpc) is 1.58. The minimum atomic E-state index is -1.08. The molecule has 6 aromatic heterocycles. The lowest BCUT2D eigenvalue weighted by molar-refractivity contribution is -0.146. The lowest BCUT2D eigenvalue weighted by atomic mass is 9.75. The van der Waals surface area contributed by atoms with Gasteiger partial charge in [0.25, 0.3) is 0 Å². The second kappa shape index (κ2) is 41.1. The fourth-order valence-electron chi connectivity index (χ4n) is 23.8. The largest absolute Gasteiger partial charge is 0.507 e. The number of likely N-dealkylation sites (tertiary alicyclic amines) is 4. The Morgan fingerprint density at radius 1 is 0.458 bits per heavy atom. The standard InChI is InChI=1S/C106H130N24O10S2/c1-61-91(141-59-115-61)66-19-15-62(16-20-66)47-110-100(138)88-44-79(132)58-128(88)102(140)94(118-98(136)69-41-77(42-69)124-39-34-65(35-40-124)71-51-113-104(114-52-71)130-75-29-30-76(130)56-126(55-75)86-46-84(120-122-96(86)108)81-12-8-10-14-90(81)134)106(5,6)36-31-82-92(142-60-116-82)67-21-17-63(18-22-67)48-109-99(137)87-43-78(131)57-127(87)101(139)93(105(2,3)4)117-97(135)68-23-25-72(26-24-68)123-37-32-64(33-38-123)70-49-111-103(112-50-70)129-73-27-28-74(129)54-125(53-73)85-45-83(119-121-95(85)107)80-11-7-9-13-89(80)133/h7-22,45-46,49-52,59-60,64-65,68-69,72-79,87-88,93-94,131-134H,23-44,47-48,53-58H2,1-6H3,(H2,107,121)(H2,108,122)(H,109,137)(H,110,138)(H,117,135)(H,118,136)/t68?,69?,72?,73?,74?,75?,76?,77?,78-,79-,87+,88+,93-,94-/m1/s1. The number of aryl methyl sites for hydroxylation is 2. The van der Waals surface area contributed by atoms with Crippen molar-refractivity contribution in [3.63, 3.8) is 0 Å². The number of nitrogens with one attached hydrogen (secondary N) is 4. The molecule has 34 nitrogen and oxygen atoms in total. The maximum atomic E-state index is 15.6. The second-order valence-corrected chi connectivity index (χ2v) is 44.5. The van der Waals surface area contributed by atoms with Gasteiger partial charge >= 0.3 is 0 Å². The Labute approximate surface area is 835 Å². The van der Waals surface area contributed by atoms with Crippen LogP contribution >= 0.6 is 22.7 Å². The van der Waals surface area contributed by atoms with Gasteiger partial charge in [-0.15, -0.1) is 43.1 Å². The van der Waals surface area contributed by atoms with Gasteiger partial charge in [0.15, 0.2) is 11.6 Å². The summed E-state index contributed by atoms with van der Waals surface area (Å²) in [6, 6.07) is 31.1. The van der Waals surface area contributed by atoms with Gasteiger partial charge in [-0.3, -0.25) is 28.8 Å². The topological polar surface area (TPSA) is 438 Å². The van der Waals surface area contributed by atoms with E-state index >= 15 is 4.79 Å². The Morgan fingerprint density at radius 2 is 0.873 bits per heavy atom. The number of carbonyl (C=O) groups excluding carboxylic acids is 6. The number of para-hydroxylation sites is 2. The number of aliphatic hydroxyl groups is 2. The van der Waals surface area contributed by atoms with Crippen molar-refractivity contribution in [1.82, 2.24) is 91.2 Å². The van der Waals surface area contributed by atoms with Gasteiger partial charge in [-0.2, -0.15) is 0 Å². The molecular formula is C106H130N24O10S2. The highest BCUT2D eigenvalue weighted by atomic mass is 32.1. The number of amides is 6. The van der Waals surface area contributed by atoms with Gasteiger partial charge in [0, 0.05) is 149 Å². The predicted molar refractivity (Wildman–Crippen MR) is 545 cm³/mol. The quantitative estimate of drug-likeness (QED) is 0.0218. The van der Waals surface area contributed by atoms with E-state index in [9.17, 15) is 44.4 Å². The number of anilines is 6. The van der Waals surface area contributed by atoms with Crippen LogP contribution in [0.5, 0.6) is 11.5 Å². The van der Waals surface area contributed by atoms with Gasteiger partial charge in [0.05, 0.1) is 67.1 Å². The highest BCUT2D eigenvalue weighted by Gasteiger charge is 2.51. The number of piperidine rings is 2. The first-order valence-electron chi connectivity index (χ1n) is 50.7. The van der Waals surface area contributed by atoms with Crippen LogP contribution in [0.2, 0.25) is 0 Å². The summed E-state index contributed by atoms with van der Waals surface area (Å²) in [5.41, 5.74) is 26.4. The number of nitrogens with zero attached hydrogens (tertiary/aromatic N) is 18. The number of fused-ring (bicyclic) bond motifs is 4. The zero-order valence-electron chi connectivity index (χ0n) is 81.6. The summed E-state index contributed by atoms with van der Waals surface area (Å²) in [6.07, 6.45) is 19.3. The number of β-amino-alcohol motifs (C(OH)–C–C–N with tert-alkyl or cyclic N) is 2. The first-order valence-corrected chi connectivity index (χ1v) is 52.5. The van der Waals surface area contributed by atoms with Crippen molar-refractivity contribution in [3.05, 3.63) is 179 Å². The molecule has 4 bridgehead atoms. The molecule has 2 saturated carbocycles. The van der Waals surface area contributed by atoms with Crippen molar-refractivity contribution in [2.24, 2.45) is 22.7 Å². The molecule has 8 saturated heterocycles. The van der Waals surface area contributed by atoms with Gasteiger partial charge in [-0.1, -0.05) is 107 Å². The van der Waals surface area contributed by atoms with E-state index in [1.165, 1.54) is 21.1 Å². The van der Waals surface area contributed by atoms with E-state index in [0.29, 0.717) is 84.6 Å². The summed E-state index contributed by atoms with van der Waals surface area (Å²) in [4.78, 5) is 137. The maximum absolute atomic E-state index is 15.6. The van der Waals surface area contributed by atoms with E-state index in [1.54, 1.807) is 41.1 Å². The Balaban J connectivity index is 0.427. The average molecular weight is 1960 g/mol. The molecule has 36 heteroatoms. The molecule has 10 atom stereocenters. The van der Waals surface area contributed by atoms with Crippen LogP contribution in [0.25, 0.3) is 43.4 Å². The smallest absolute Gasteiger partial charge is 0.246 e. The molecule has 10 fully saturated rings. The Hall–Kier alpha value is -12.5. The molecule has 4 unspecified atom stereocenters. The number of aliphatic hydroxyl groups excluding tert-OH is 2. The number of aromatic hydroxyl groups is 2. The number of aromatic nitrogens is 10. The first kappa shape index (κ1) is 97.0. The van der Waals surface area contributed by atoms with E-state index in [1.807, 2.05) is 157 Å². The van der Waals surface area contributed by atoms with Crippen molar-refractivity contribution in [2.45, 2.75) is 255 Å². The molecule has 12 N–H and O–H groups in total. The summed E-state index contributed by atoms with van der Waals surface area (Å²) in [6.45, 7) is 18.4. The summed E-state index contributed by atoms with van der Waals surface area (Å²) < 4.78 is 0. The van der Waals surface area contributed by atoms with Crippen LogP contribution in [-0.2, 0) is 48.3 Å². The Kier molecular flexibility index (Phi) is 28.1. The van der Waals surface area contributed by atoms with Crippen LogP contribution < -0.4 is 52.3 Å². The Bertz CT molecular complexity index is 6190. The molecular weight excluding hydrogens is 1830 g/mol. The minimum absolute atomic E-state index is 0.0367. The molecule has 142 heavy (non-hydrogen) atoms. The molecule has 4 aromatic carbocycles. The number of nitrogen functional groups attached to an aromatic ring is 2. The number of piperazine rings is 2. The van der Waals surface area contributed by atoms with Crippen molar-refractivity contribution in [3.8, 4) is 54.9 Å². The molecule has 6 amide bonds. The third-order valence-electron chi connectivity index (χ3n) is 32.2. The van der Waals surface area contributed by atoms with Crippen LogP contribution in [0.1, 0.15) is 189 Å². The zero-order chi connectivity index (χ0) is 98.5. The minimum Gasteiger partial charge on any atom is -0.507 e. The molecule has 14 heterocycles. The Morgan fingerprint density at radius 3 is 1.32 bits per heavy atom. The summed E-state index contributed by atoms with van der Waals surface area (Å²) in [5, 5.41) is 73.4. The third kappa shape index (κ3) is 20.5. The number of rotatable bonds is 28. The SMILES string of the molecule is Cc1ncsc1-c1ccc(CNC(=O)[C@@H]2C[C@@H](O)CN2C(=O)[C@@H](NC(=O)C2CC(N3CCC(c4cnc(N5C6CCC5CN(c5cc(-c7ccccc7O)nnc5N)C6)nc4)CC3)C2)C(C)(C)CCc2ncsc2-c2ccc(CNC(=O)[C@@H]3C[C@@H](O)CN3C(=O)[C@@H](NC(=O)C3CCC(N4CCC(c5cnc(N6C7CCC6CN(c6cc(-c8ccccc8O)nnc6N)C7)nc5)CC4)CC3)C(C)(C)C)cc2)cc1. The predicted octanol–water partition coefficient (Wildman–Crippen LogP) is 11.0. The fourth-order valence-corrected chi connectivity index (χ4v) is 25.5. The molecule has 0 radical (unpaired) electrons. The van der Waals surface area contributed by atoms with Crippen molar-refractivity contribution >= 4 is 93.0 Å². The van der Waals surface area contributed by atoms with Gasteiger partial charge in [0.1, 0.15) is 35.7 Å². The number of hydrogen-bond donors (Lipinski definition) is 10. The van der Waals surface area contributed by atoms with E-state index < -0.39 is 70.8 Å².